The molecule has 3 rings (SSSR count). The van der Waals surface area contributed by atoms with Crippen molar-refractivity contribution < 1.29 is 9.53 Å². The van der Waals surface area contributed by atoms with E-state index in [-0.39, 0.29) is 12.0 Å². The molecule has 3 heterocycles. The molecule has 122 valence electrons. The lowest BCUT2D eigenvalue weighted by atomic mass is 10.1. The number of ether oxygens (including phenoxy) is 1. The van der Waals surface area contributed by atoms with Gasteiger partial charge in [0.15, 0.2) is 0 Å². The molecule has 23 heavy (non-hydrogen) atoms. The predicted octanol–water partition coefficient (Wildman–Crippen LogP) is 1.24. The standard InChI is InChI=1S/C16H21N5O2/c17-15-5-1-4-13(19-15)14-12-20(10-11-23-14)16(22)6-2-8-21-9-3-7-18-21/h1,3-5,7,9,14H,2,6,8,10-12H2,(H2,17,19). The average Bonchev–Trinajstić information content (AvgIpc) is 3.08. The van der Waals surface area contributed by atoms with E-state index < -0.39 is 0 Å². The average molecular weight is 315 g/mol. The summed E-state index contributed by atoms with van der Waals surface area (Å²) in [6.07, 6.45) is 4.73. The van der Waals surface area contributed by atoms with E-state index in [4.69, 9.17) is 10.5 Å². The Bertz CT molecular complexity index is 644. The summed E-state index contributed by atoms with van der Waals surface area (Å²) in [7, 11) is 0. The van der Waals surface area contributed by atoms with E-state index in [1.807, 2.05) is 34.0 Å². The van der Waals surface area contributed by atoms with Crippen molar-refractivity contribution in [2.24, 2.45) is 0 Å². The van der Waals surface area contributed by atoms with Crippen LogP contribution in [0.2, 0.25) is 0 Å². The number of carbonyl (C=O) groups is 1. The summed E-state index contributed by atoms with van der Waals surface area (Å²) in [6.45, 7) is 2.42. The zero-order valence-corrected chi connectivity index (χ0v) is 13.0. The molecule has 0 aromatic carbocycles. The quantitative estimate of drug-likeness (QED) is 0.897. The van der Waals surface area contributed by atoms with Gasteiger partial charge < -0.3 is 15.4 Å². The summed E-state index contributed by atoms with van der Waals surface area (Å²) in [5.41, 5.74) is 6.49. The van der Waals surface area contributed by atoms with Crippen LogP contribution in [0, 0.1) is 0 Å². The number of hydrogen-bond acceptors (Lipinski definition) is 5. The predicted molar refractivity (Wildman–Crippen MR) is 85.4 cm³/mol. The third-order valence-corrected chi connectivity index (χ3v) is 3.88. The molecular weight excluding hydrogens is 294 g/mol. The van der Waals surface area contributed by atoms with Crippen molar-refractivity contribution in [1.29, 1.82) is 0 Å². The highest BCUT2D eigenvalue weighted by Crippen LogP contribution is 2.21. The van der Waals surface area contributed by atoms with Gasteiger partial charge in [-0.05, 0) is 24.6 Å². The number of aryl methyl sites for hydroxylation is 1. The number of nitrogens with zero attached hydrogens (tertiary/aromatic N) is 4. The van der Waals surface area contributed by atoms with Crippen LogP contribution in [0.3, 0.4) is 0 Å². The number of amides is 1. The van der Waals surface area contributed by atoms with Gasteiger partial charge in [-0.25, -0.2) is 4.98 Å². The monoisotopic (exact) mass is 315 g/mol. The molecule has 1 aliphatic rings. The number of carbonyl (C=O) groups excluding carboxylic acids is 1. The summed E-state index contributed by atoms with van der Waals surface area (Å²) in [5, 5.41) is 4.14. The first-order valence-corrected chi connectivity index (χ1v) is 7.81. The lowest BCUT2D eigenvalue weighted by Crippen LogP contribution is -2.42. The minimum Gasteiger partial charge on any atom is -0.384 e. The Balaban J connectivity index is 1.52. The maximum Gasteiger partial charge on any atom is 0.222 e. The summed E-state index contributed by atoms with van der Waals surface area (Å²) in [4.78, 5) is 18.5. The summed E-state index contributed by atoms with van der Waals surface area (Å²) >= 11 is 0. The summed E-state index contributed by atoms with van der Waals surface area (Å²) in [5.74, 6) is 0.614. The molecule has 0 aliphatic carbocycles. The number of nitrogen functional groups attached to an aromatic ring is 1. The van der Waals surface area contributed by atoms with Crippen molar-refractivity contribution in [2.45, 2.75) is 25.5 Å². The van der Waals surface area contributed by atoms with Gasteiger partial charge in [0.1, 0.15) is 11.9 Å². The normalized spacial score (nSPS) is 18.1. The number of pyridine rings is 1. The number of hydrogen-bond donors (Lipinski definition) is 1. The van der Waals surface area contributed by atoms with Gasteiger partial charge >= 0.3 is 0 Å². The van der Waals surface area contributed by atoms with E-state index in [9.17, 15) is 4.79 Å². The van der Waals surface area contributed by atoms with E-state index in [0.29, 0.717) is 31.9 Å². The van der Waals surface area contributed by atoms with Gasteiger partial charge in [-0.3, -0.25) is 9.48 Å². The van der Waals surface area contributed by atoms with Crippen LogP contribution in [0.5, 0.6) is 0 Å². The second kappa shape index (κ2) is 7.23. The van der Waals surface area contributed by atoms with E-state index in [1.54, 1.807) is 12.3 Å². The lowest BCUT2D eigenvalue weighted by Gasteiger charge is -2.32. The molecule has 7 heteroatoms. The molecule has 1 aliphatic heterocycles. The van der Waals surface area contributed by atoms with Crippen LogP contribution in [0.15, 0.2) is 36.7 Å². The van der Waals surface area contributed by atoms with Gasteiger partial charge in [0.05, 0.1) is 18.8 Å². The molecule has 1 fully saturated rings. The van der Waals surface area contributed by atoms with Crippen LogP contribution in [0.25, 0.3) is 0 Å². The largest absolute Gasteiger partial charge is 0.384 e. The number of morpholine rings is 1. The van der Waals surface area contributed by atoms with Crippen LogP contribution in [0.1, 0.15) is 24.6 Å². The Morgan fingerprint density at radius 3 is 3.09 bits per heavy atom. The second-order valence-electron chi connectivity index (χ2n) is 5.56. The van der Waals surface area contributed by atoms with Gasteiger partial charge in [-0.2, -0.15) is 5.10 Å². The number of aromatic nitrogens is 3. The number of rotatable bonds is 5. The van der Waals surface area contributed by atoms with Gasteiger partial charge in [-0.15, -0.1) is 0 Å². The van der Waals surface area contributed by atoms with Gasteiger partial charge in [0.2, 0.25) is 5.91 Å². The Hall–Kier alpha value is -2.41. The van der Waals surface area contributed by atoms with Crippen molar-refractivity contribution in [3.63, 3.8) is 0 Å². The Labute approximate surface area is 135 Å². The first-order valence-electron chi connectivity index (χ1n) is 7.81. The smallest absolute Gasteiger partial charge is 0.222 e. The van der Waals surface area contributed by atoms with Gasteiger partial charge in [-0.1, -0.05) is 6.07 Å². The zero-order valence-electron chi connectivity index (χ0n) is 13.0. The van der Waals surface area contributed by atoms with Crippen LogP contribution in [-0.4, -0.2) is 45.3 Å². The zero-order chi connectivity index (χ0) is 16.1. The highest BCUT2D eigenvalue weighted by atomic mass is 16.5. The Morgan fingerprint density at radius 1 is 1.39 bits per heavy atom. The van der Waals surface area contributed by atoms with E-state index in [2.05, 4.69) is 10.1 Å². The van der Waals surface area contributed by atoms with E-state index in [1.165, 1.54) is 0 Å². The van der Waals surface area contributed by atoms with Crippen molar-refractivity contribution >= 4 is 11.7 Å². The third-order valence-electron chi connectivity index (χ3n) is 3.88. The topological polar surface area (TPSA) is 86.3 Å². The molecule has 2 N–H and O–H groups in total. The van der Waals surface area contributed by atoms with Crippen molar-refractivity contribution in [3.05, 3.63) is 42.4 Å². The molecular formula is C16H21N5O2. The molecule has 1 unspecified atom stereocenters. The molecule has 0 bridgehead atoms. The molecule has 7 nitrogen and oxygen atoms in total. The van der Waals surface area contributed by atoms with Gasteiger partial charge in [0, 0.05) is 31.9 Å². The molecule has 2 aromatic rings. The Morgan fingerprint density at radius 2 is 2.30 bits per heavy atom. The third kappa shape index (κ3) is 4.07. The molecule has 0 radical (unpaired) electrons. The van der Waals surface area contributed by atoms with Crippen LogP contribution in [0.4, 0.5) is 5.82 Å². The first kappa shape index (κ1) is 15.5. The van der Waals surface area contributed by atoms with Gasteiger partial charge in [0.25, 0.3) is 0 Å². The Kier molecular flexibility index (Phi) is 4.87. The highest BCUT2D eigenvalue weighted by molar-refractivity contribution is 5.76. The van der Waals surface area contributed by atoms with Crippen molar-refractivity contribution in [1.82, 2.24) is 19.7 Å². The SMILES string of the molecule is Nc1cccc(C2CN(C(=O)CCCn3cccn3)CCO2)n1. The molecule has 1 atom stereocenters. The molecule has 0 spiro atoms. The lowest BCUT2D eigenvalue weighted by molar-refractivity contribution is -0.139. The minimum atomic E-state index is -0.206. The van der Waals surface area contributed by atoms with Crippen LogP contribution < -0.4 is 5.73 Å². The van der Waals surface area contributed by atoms with E-state index >= 15 is 0 Å². The molecule has 1 saturated heterocycles. The second-order valence-corrected chi connectivity index (χ2v) is 5.56. The molecule has 0 saturated carbocycles. The molecule has 2 aromatic heterocycles. The summed E-state index contributed by atoms with van der Waals surface area (Å²) < 4.78 is 7.58. The maximum absolute atomic E-state index is 12.4. The fourth-order valence-electron chi connectivity index (χ4n) is 2.69. The van der Waals surface area contributed by atoms with Crippen LogP contribution >= 0.6 is 0 Å². The fourth-order valence-corrected chi connectivity index (χ4v) is 2.69. The first-order chi connectivity index (χ1) is 11.2. The van der Waals surface area contributed by atoms with Crippen molar-refractivity contribution in [3.8, 4) is 0 Å². The van der Waals surface area contributed by atoms with Crippen LogP contribution in [-0.2, 0) is 16.1 Å². The minimum absolute atomic E-state index is 0.148. The van der Waals surface area contributed by atoms with Crippen molar-refractivity contribution in [2.75, 3.05) is 25.4 Å². The number of nitrogens with two attached hydrogens (primary N) is 1. The fraction of sp³-hybridized carbons (Fsp3) is 0.438. The number of anilines is 1. The van der Waals surface area contributed by atoms with E-state index in [0.717, 1.165) is 18.7 Å². The highest BCUT2D eigenvalue weighted by Gasteiger charge is 2.26. The maximum atomic E-state index is 12.4. The summed E-state index contributed by atoms with van der Waals surface area (Å²) in [6, 6.07) is 7.36. The molecule has 1 amide bonds.